The summed E-state index contributed by atoms with van der Waals surface area (Å²) in [6, 6.07) is 15.4. The molecule has 4 heterocycles. The molecule has 1 atom stereocenters. The topological polar surface area (TPSA) is 92.1 Å². The molecule has 1 aliphatic rings. The van der Waals surface area contributed by atoms with Crippen molar-refractivity contribution in [2.45, 2.75) is 12.5 Å². The predicted octanol–water partition coefficient (Wildman–Crippen LogP) is 1.64. The lowest BCUT2D eigenvalue weighted by molar-refractivity contribution is 0.0712. The number of aromatic nitrogens is 6. The fourth-order valence-electron chi connectivity index (χ4n) is 3.51. The number of nitrogens with zero attached hydrogens (tertiary/aromatic N) is 6. The third-order valence-electron chi connectivity index (χ3n) is 4.76. The molecule has 128 valence electrons. The summed E-state index contributed by atoms with van der Waals surface area (Å²) in [7, 11) is 0. The Morgan fingerprint density at radius 2 is 2.00 bits per heavy atom. The lowest BCUT2D eigenvalue weighted by Gasteiger charge is -2.32. The van der Waals surface area contributed by atoms with Crippen molar-refractivity contribution in [1.29, 1.82) is 0 Å². The summed E-state index contributed by atoms with van der Waals surface area (Å²) in [5.41, 5.74) is 4.10. The molecule has 1 aromatic carbocycles. The van der Waals surface area contributed by atoms with Crippen molar-refractivity contribution in [3.05, 3.63) is 77.5 Å². The van der Waals surface area contributed by atoms with Crippen molar-refractivity contribution in [1.82, 2.24) is 34.9 Å². The second-order valence-corrected chi connectivity index (χ2v) is 6.28. The van der Waals surface area contributed by atoms with Crippen LogP contribution in [0.5, 0.6) is 0 Å². The van der Waals surface area contributed by atoms with Crippen molar-refractivity contribution in [3.63, 3.8) is 0 Å². The van der Waals surface area contributed by atoms with Crippen LogP contribution >= 0.6 is 0 Å². The van der Waals surface area contributed by atoms with Crippen molar-refractivity contribution in [2.75, 3.05) is 6.54 Å². The van der Waals surface area contributed by atoms with Gasteiger partial charge < -0.3 is 9.88 Å². The molecule has 4 aromatic rings. The van der Waals surface area contributed by atoms with Gasteiger partial charge >= 0.3 is 0 Å². The number of amides is 1. The lowest BCUT2D eigenvalue weighted by atomic mass is 9.91. The first kappa shape index (κ1) is 14.8. The number of hydrogen-bond acceptors (Lipinski definition) is 5. The summed E-state index contributed by atoms with van der Waals surface area (Å²) in [5.74, 6) is -0.0766. The number of imidazole rings is 1. The number of hydrogen-bond donors (Lipinski definition) is 1. The average molecular weight is 345 g/mol. The van der Waals surface area contributed by atoms with Crippen LogP contribution in [0.15, 0.2) is 54.9 Å². The summed E-state index contributed by atoms with van der Waals surface area (Å²) in [5, 5.41) is 11.5. The molecule has 0 saturated heterocycles. The van der Waals surface area contributed by atoms with Crippen molar-refractivity contribution in [2.24, 2.45) is 0 Å². The van der Waals surface area contributed by atoms with E-state index >= 15 is 0 Å². The lowest BCUT2D eigenvalue weighted by Crippen LogP contribution is -2.39. The van der Waals surface area contributed by atoms with E-state index in [9.17, 15) is 4.79 Å². The van der Waals surface area contributed by atoms with Gasteiger partial charge in [-0.25, -0.2) is 4.98 Å². The minimum Gasteiger partial charge on any atom is -0.347 e. The van der Waals surface area contributed by atoms with Gasteiger partial charge in [0.1, 0.15) is 5.69 Å². The number of nitrogens with one attached hydrogen (secondary N) is 1. The maximum absolute atomic E-state index is 13.2. The van der Waals surface area contributed by atoms with Gasteiger partial charge in [0.05, 0.1) is 24.3 Å². The highest BCUT2D eigenvalue weighted by atomic mass is 16.2. The molecule has 8 nitrogen and oxygen atoms in total. The van der Waals surface area contributed by atoms with E-state index in [2.05, 4.69) is 37.6 Å². The Labute approximate surface area is 148 Å². The highest BCUT2D eigenvalue weighted by Gasteiger charge is 2.32. The number of aromatic amines is 1. The van der Waals surface area contributed by atoms with Crippen LogP contribution in [0.4, 0.5) is 0 Å². The van der Waals surface area contributed by atoms with E-state index in [1.54, 1.807) is 24.5 Å². The number of carbonyl (C=O) groups excluding carboxylic acids is 1. The monoisotopic (exact) mass is 345 g/mol. The second-order valence-electron chi connectivity index (χ2n) is 6.28. The van der Waals surface area contributed by atoms with Crippen LogP contribution in [0.2, 0.25) is 0 Å². The zero-order valence-corrected chi connectivity index (χ0v) is 13.8. The summed E-state index contributed by atoms with van der Waals surface area (Å²) in [6.45, 7) is 1.04. The number of carbonyl (C=O) groups is 1. The van der Waals surface area contributed by atoms with Crippen molar-refractivity contribution < 1.29 is 4.79 Å². The molecule has 1 unspecified atom stereocenters. The fourth-order valence-corrected chi connectivity index (χ4v) is 3.51. The third-order valence-corrected chi connectivity index (χ3v) is 4.76. The smallest absolute Gasteiger partial charge is 0.273 e. The molecule has 1 N–H and O–H groups in total. The van der Waals surface area contributed by atoms with Gasteiger partial charge in [0.15, 0.2) is 5.65 Å². The van der Waals surface area contributed by atoms with E-state index in [0.717, 1.165) is 17.0 Å². The average Bonchev–Trinajstić information content (AvgIpc) is 3.36. The Balaban J connectivity index is 1.54. The fraction of sp³-hybridized carbons (Fsp3) is 0.167. The second kappa shape index (κ2) is 5.76. The molecule has 1 aliphatic heterocycles. The Kier molecular flexibility index (Phi) is 3.27. The zero-order chi connectivity index (χ0) is 17.5. The molecule has 0 radical (unpaired) electrons. The maximum atomic E-state index is 13.2. The van der Waals surface area contributed by atoms with Gasteiger partial charge in [0, 0.05) is 12.5 Å². The summed E-state index contributed by atoms with van der Waals surface area (Å²) < 4.78 is 1.47. The first-order valence-electron chi connectivity index (χ1n) is 8.35. The van der Waals surface area contributed by atoms with E-state index in [0.29, 0.717) is 24.4 Å². The highest BCUT2D eigenvalue weighted by molar-refractivity contribution is 5.93. The molecule has 3 aromatic heterocycles. The Morgan fingerprint density at radius 3 is 2.88 bits per heavy atom. The van der Waals surface area contributed by atoms with Crippen LogP contribution in [-0.2, 0) is 6.54 Å². The molecule has 0 aliphatic carbocycles. The molecule has 8 heteroatoms. The minimum atomic E-state index is -0.107. The Morgan fingerprint density at radius 1 is 1.12 bits per heavy atom. The SMILES string of the molecule is O=C(c1cccc2nnnn12)N1Cc2[nH]cnc2C(c2ccccc2)C1. The molecule has 26 heavy (non-hydrogen) atoms. The molecule has 1 amide bonds. The largest absolute Gasteiger partial charge is 0.347 e. The number of benzene rings is 1. The van der Waals surface area contributed by atoms with Crippen LogP contribution in [0.1, 0.15) is 33.4 Å². The third kappa shape index (κ3) is 2.26. The van der Waals surface area contributed by atoms with Crippen molar-refractivity contribution >= 4 is 11.6 Å². The van der Waals surface area contributed by atoms with E-state index in [1.807, 2.05) is 23.1 Å². The van der Waals surface area contributed by atoms with Gasteiger partial charge in [0.2, 0.25) is 0 Å². The van der Waals surface area contributed by atoms with E-state index < -0.39 is 0 Å². The number of H-pyrrole nitrogens is 1. The van der Waals surface area contributed by atoms with Crippen molar-refractivity contribution in [3.8, 4) is 0 Å². The number of pyridine rings is 1. The maximum Gasteiger partial charge on any atom is 0.273 e. The van der Waals surface area contributed by atoms with Gasteiger partial charge in [-0.1, -0.05) is 36.4 Å². The Hall–Kier alpha value is -3.55. The molecule has 0 bridgehead atoms. The molecular formula is C18H15N7O. The summed E-state index contributed by atoms with van der Waals surface area (Å²) in [6.07, 6.45) is 1.69. The van der Waals surface area contributed by atoms with E-state index in [-0.39, 0.29) is 11.8 Å². The summed E-state index contributed by atoms with van der Waals surface area (Å²) in [4.78, 5) is 22.7. The van der Waals surface area contributed by atoms with Crippen LogP contribution in [0.3, 0.4) is 0 Å². The molecule has 0 spiro atoms. The normalized spacial score (nSPS) is 16.6. The number of rotatable bonds is 2. The number of tetrazole rings is 1. The quantitative estimate of drug-likeness (QED) is 0.596. The minimum absolute atomic E-state index is 0.0308. The van der Waals surface area contributed by atoms with Gasteiger partial charge in [-0.2, -0.15) is 4.52 Å². The standard InChI is InChI=1S/C18H15N7O/c26-18(15-7-4-8-16-21-22-23-25(15)16)24-9-13(12-5-2-1-3-6-12)17-14(10-24)19-11-20-17/h1-8,11,13H,9-10H2,(H,19,20). The molecular weight excluding hydrogens is 330 g/mol. The van der Waals surface area contributed by atoms with E-state index in [1.165, 1.54) is 4.52 Å². The van der Waals surface area contributed by atoms with E-state index in [4.69, 9.17) is 0 Å². The highest BCUT2D eigenvalue weighted by Crippen LogP contribution is 2.32. The first-order valence-corrected chi connectivity index (χ1v) is 8.35. The first-order chi connectivity index (χ1) is 12.8. The predicted molar refractivity (Wildman–Crippen MR) is 92.4 cm³/mol. The molecule has 0 saturated carbocycles. The van der Waals surface area contributed by atoms with Gasteiger partial charge in [-0.3, -0.25) is 4.79 Å². The van der Waals surface area contributed by atoms with Crippen LogP contribution in [-0.4, -0.2) is 47.4 Å². The zero-order valence-electron chi connectivity index (χ0n) is 13.8. The van der Waals surface area contributed by atoms with Gasteiger partial charge in [-0.05, 0) is 28.1 Å². The van der Waals surface area contributed by atoms with Crippen LogP contribution in [0, 0.1) is 0 Å². The molecule has 5 rings (SSSR count). The molecule has 0 fully saturated rings. The van der Waals surface area contributed by atoms with Crippen LogP contribution in [0.25, 0.3) is 5.65 Å². The summed E-state index contributed by atoms with van der Waals surface area (Å²) >= 11 is 0. The Bertz CT molecular complexity index is 1090. The van der Waals surface area contributed by atoms with Gasteiger partial charge in [-0.15, -0.1) is 5.10 Å². The van der Waals surface area contributed by atoms with Crippen LogP contribution < -0.4 is 0 Å². The number of fused-ring (bicyclic) bond motifs is 2. The van der Waals surface area contributed by atoms with Gasteiger partial charge in [0.25, 0.3) is 5.91 Å².